The number of nitrogens with one attached hydrogen (secondary N) is 2. The van der Waals surface area contributed by atoms with Gasteiger partial charge in [-0.1, -0.05) is 32.1 Å². The van der Waals surface area contributed by atoms with Gasteiger partial charge in [0.15, 0.2) is 0 Å². The molecule has 0 aromatic rings. The standard InChI is InChI=1S/C17H30N2.BrH/c1-3-8-14(9-4-1)15-10-7-11-16(15)19-17-12-5-2-6-13-18-17;/h14-16H,1-13H2,(H,18,19);1H/t15-,16-;/m0./s1. The fraction of sp³-hybridized carbons (Fsp3) is 0.941. The smallest absolute Gasteiger partial charge is 0.242 e. The van der Waals surface area contributed by atoms with Crippen LogP contribution in [0.25, 0.3) is 0 Å². The first-order valence-electron chi connectivity index (χ1n) is 8.80. The Kier molecular flexibility index (Phi) is 6.86. The maximum Gasteiger partial charge on any atom is 0.242 e. The molecule has 0 bridgehead atoms. The molecule has 0 radical (unpaired) electrons. The number of halogens is 1. The number of hydrogen-bond acceptors (Lipinski definition) is 1. The topological polar surface area (TPSA) is 26.0 Å². The molecule has 2 atom stereocenters. The van der Waals surface area contributed by atoms with Gasteiger partial charge in [-0.2, -0.15) is 0 Å². The second-order valence-electron chi connectivity index (χ2n) is 6.96. The molecule has 0 amide bonds. The van der Waals surface area contributed by atoms with Crippen LogP contribution in [-0.4, -0.2) is 18.4 Å². The average Bonchev–Trinajstić information content (AvgIpc) is 2.75. The molecule has 1 heterocycles. The molecule has 0 aromatic heterocycles. The van der Waals surface area contributed by atoms with Gasteiger partial charge in [-0.25, -0.2) is 0 Å². The highest BCUT2D eigenvalue weighted by molar-refractivity contribution is 5.76. The van der Waals surface area contributed by atoms with Gasteiger partial charge >= 0.3 is 0 Å². The minimum atomic E-state index is 0. The molecular weight excluding hydrogens is 312 g/mol. The van der Waals surface area contributed by atoms with E-state index in [1.165, 1.54) is 89.4 Å². The van der Waals surface area contributed by atoms with Crippen molar-refractivity contribution >= 4 is 5.84 Å². The average molecular weight is 343 g/mol. The van der Waals surface area contributed by atoms with E-state index in [2.05, 4.69) is 10.3 Å². The van der Waals surface area contributed by atoms with Crippen molar-refractivity contribution < 1.29 is 22.0 Å². The zero-order valence-corrected chi connectivity index (χ0v) is 14.4. The first-order chi connectivity index (χ1) is 9.43. The molecule has 0 saturated heterocycles. The van der Waals surface area contributed by atoms with Crippen LogP contribution in [0.5, 0.6) is 0 Å². The maximum atomic E-state index is 3.91. The third kappa shape index (κ3) is 4.22. The van der Waals surface area contributed by atoms with Crippen LogP contribution >= 0.6 is 0 Å². The van der Waals surface area contributed by atoms with E-state index >= 15 is 0 Å². The summed E-state index contributed by atoms with van der Waals surface area (Å²) < 4.78 is 0. The van der Waals surface area contributed by atoms with Crippen molar-refractivity contribution in [1.82, 2.24) is 5.32 Å². The second-order valence-corrected chi connectivity index (χ2v) is 6.96. The monoisotopic (exact) mass is 342 g/mol. The van der Waals surface area contributed by atoms with Crippen LogP contribution in [0.1, 0.15) is 77.0 Å². The summed E-state index contributed by atoms with van der Waals surface area (Å²) in [6, 6.07) is 0.781. The third-order valence-electron chi connectivity index (χ3n) is 5.63. The fourth-order valence-electron chi connectivity index (χ4n) is 4.57. The van der Waals surface area contributed by atoms with Crippen LogP contribution in [0.3, 0.4) is 0 Å². The Balaban J connectivity index is 0.00000147. The van der Waals surface area contributed by atoms with Gasteiger partial charge in [0.05, 0.1) is 12.6 Å². The van der Waals surface area contributed by atoms with E-state index < -0.39 is 0 Å². The van der Waals surface area contributed by atoms with Gasteiger partial charge in [0.2, 0.25) is 5.84 Å². The van der Waals surface area contributed by atoms with E-state index in [-0.39, 0.29) is 17.0 Å². The lowest BCUT2D eigenvalue weighted by molar-refractivity contribution is -0.460. The molecule has 3 rings (SSSR count). The Labute approximate surface area is 135 Å². The highest BCUT2D eigenvalue weighted by Crippen LogP contribution is 2.39. The molecule has 2 saturated carbocycles. The largest absolute Gasteiger partial charge is 1.00 e. The number of hydrogen-bond donors (Lipinski definition) is 2. The van der Waals surface area contributed by atoms with Gasteiger partial charge in [-0.05, 0) is 44.4 Å². The van der Waals surface area contributed by atoms with Crippen LogP contribution in [0, 0.1) is 11.8 Å². The molecule has 20 heavy (non-hydrogen) atoms. The zero-order valence-electron chi connectivity index (χ0n) is 12.8. The molecule has 116 valence electrons. The fourth-order valence-corrected chi connectivity index (χ4v) is 4.57. The Morgan fingerprint density at radius 1 is 0.800 bits per heavy atom. The van der Waals surface area contributed by atoms with Gasteiger partial charge < -0.3 is 17.0 Å². The minimum absolute atomic E-state index is 0. The zero-order chi connectivity index (χ0) is 12.9. The second kappa shape index (κ2) is 8.41. The molecule has 0 unspecified atom stereocenters. The summed E-state index contributed by atoms with van der Waals surface area (Å²) in [5.41, 5.74) is 0. The summed E-state index contributed by atoms with van der Waals surface area (Å²) in [6.07, 6.45) is 17.2. The quantitative estimate of drug-likeness (QED) is 0.687. The summed E-state index contributed by atoms with van der Waals surface area (Å²) in [5.74, 6) is 3.46. The van der Waals surface area contributed by atoms with E-state index in [1.807, 2.05) is 0 Å². The van der Waals surface area contributed by atoms with Crippen molar-refractivity contribution in [2.75, 3.05) is 6.54 Å². The Hall–Kier alpha value is -0.0500. The van der Waals surface area contributed by atoms with Gasteiger partial charge in [0, 0.05) is 12.3 Å². The first kappa shape index (κ1) is 16.3. The lowest BCUT2D eigenvalue weighted by atomic mass is 9.77. The summed E-state index contributed by atoms with van der Waals surface area (Å²) >= 11 is 0. The van der Waals surface area contributed by atoms with Gasteiger partial charge in [-0.15, -0.1) is 0 Å². The number of amidine groups is 1. The van der Waals surface area contributed by atoms with E-state index in [9.17, 15) is 0 Å². The van der Waals surface area contributed by atoms with Crippen LogP contribution in [0.2, 0.25) is 0 Å². The molecular formula is C17H31BrN2. The SMILES string of the molecule is C1CC[NH+]=C(N[C@H]2CCC[C@H]2C2CCCCC2)CC1.[Br-]. The molecule has 2 nitrogen and oxygen atoms in total. The maximum absolute atomic E-state index is 3.91. The summed E-state index contributed by atoms with van der Waals surface area (Å²) in [4.78, 5) is 3.64. The predicted molar refractivity (Wildman–Crippen MR) is 80.1 cm³/mol. The number of rotatable bonds is 2. The van der Waals surface area contributed by atoms with Crippen molar-refractivity contribution in [3.05, 3.63) is 0 Å². The van der Waals surface area contributed by atoms with Crippen molar-refractivity contribution in [3.63, 3.8) is 0 Å². The van der Waals surface area contributed by atoms with E-state index in [1.54, 1.807) is 0 Å². The van der Waals surface area contributed by atoms with Gasteiger partial charge in [-0.3, -0.25) is 10.3 Å². The van der Waals surface area contributed by atoms with E-state index in [0.29, 0.717) is 0 Å². The van der Waals surface area contributed by atoms with Crippen molar-refractivity contribution in [2.24, 2.45) is 11.8 Å². The molecule has 1 aliphatic heterocycles. The van der Waals surface area contributed by atoms with Crippen molar-refractivity contribution in [3.8, 4) is 0 Å². The van der Waals surface area contributed by atoms with Crippen LogP contribution in [-0.2, 0) is 0 Å². The molecule has 2 fully saturated rings. The normalized spacial score (nSPS) is 32.1. The summed E-state index contributed by atoms with van der Waals surface area (Å²) in [6.45, 7) is 1.18. The molecule has 3 heteroatoms. The predicted octanol–water partition coefficient (Wildman–Crippen LogP) is -0.618. The lowest BCUT2D eigenvalue weighted by Gasteiger charge is -2.30. The first-order valence-corrected chi connectivity index (χ1v) is 8.80. The summed E-state index contributed by atoms with van der Waals surface area (Å²) in [7, 11) is 0. The van der Waals surface area contributed by atoms with Crippen LogP contribution in [0.15, 0.2) is 0 Å². The van der Waals surface area contributed by atoms with E-state index in [4.69, 9.17) is 0 Å². The molecule has 2 aliphatic carbocycles. The third-order valence-corrected chi connectivity index (χ3v) is 5.63. The summed E-state index contributed by atoms with van der Waals surface area (Å²) in [5, 5.41) is 3.91. The van der Waals surface area contributed by atoms with Crippen LogP contribution in [0.4, 0.5) is 0 Å². The Bertz CT molecular complexity index is 310. The van der Waals surface area contributed by atoms with Crippen LogP contribution < -0.4 is 27.3 Å². The Morgan fingerprint density at radius 3 is 2.45 bits per heavy atom. The van der Waals surface area contributed by atoms with Gasteiger partial charge in [0.25, 0.3) is 0 Å². The van der Waals surface area contributed by atoms with Crippen molar-refractivity contribution in [2.45, 2.75) is 83.1 Å². The molecule has 2 N–H and O–H groups in total. The molecule has 0 aromatic carbocycles. The highest BCUT2D eigenvalue weighted by atomic mass is 79.9. The Morgan fingerprint density at radius 2 is 1.60 bits per heavy atom. The lowest BCUT2D eigenvalue weighted by Crippen LogP contribution is -3.00. The van der Waals surface area contributed by atoms with E-state index in [0.717, 1.165) is 17.9 Å². The highest BCUT2D eigenvalue weighted by Gasteiger charge is 2.37. The van der Waals surface area contributed by atoms with Gasteiger partial charge in [0.1, 0.15) is 0 Å². The molecule has 0 spiro atoms. The minimum Gasteiger partial charge on any atom is -1.00 e. The molecule has 3 aliphatic rings. The van der Waals surface area contributed by atoms with Crippen molar-refractivity contribution in [1.29, 1.82) is 0 Å².